The summed E-state index contributed by atoms with van der Waals surface area (Å²) in [4.78, 5) is 0. The third-order valence-electron chi connectivity index (χ3n) is 1.06. The number of nitrogens with one attached hydrogen (secondary N) is 1. The van der Waals surface area contributed by atoms with Crippen LogP contribution in [-0.2, 0) is 0 Å². The minimum Gasteiger partial charge on any atom is -0.318 e. The molecule has 0 aromatic rings. The molecule has 0 fully saturated rings. The van der Waals surface area contributed by atoms with E-state index in [4.69, 9.17) is 5.84 Å². The van der Waals surface area contributed by atoms with Crippen molar-refractivity contribution in [2.24, 2.45) is 5.84 Å². The van der Waals surface area contributed by atoms with Gasteiger partial charge in [-0.25, -0.2) is 5.01 Å². The second-order valence-corrected chi connectivity index (χ2v) is 1.73. The molecular formula is C9H27N3. The van der Waals surface area contributed by atoms with Crippen LogP contribution in [0.15, 0.2) is 0 Å². The van der Waals surface area contributed by atoms with E-state index in [9.17, 15) is 0 Å². The first-order valence-electron chi connectivity index (χ1n) is 4.95. The molecule has 0 spiro atoms. The van der Waals surface area contributed by atoms with Crippen LogP contribution >= 0.6 is 0 Å². The Kier molecular flexibility index (Phi) is 33.3. The monoisotopic (exact) mass is 177 g/mol. The second-order valence-electron chi connectivity index (χ2n) is 1.73. The molecule has 0 radical (unpaired) electrons. The average molecular weight is 177 g/mol. The van der Waals surface area contributed by atoms with E-state index in [-0.39, 0.29) is 0 Å². The summed E-state index contributed by atoms with van der Waals surface area (Å²) in [6, 6.07) is 0. The van der Waals surface area contributed by atoms with E-state index < -0.39 is 0 Å². The van der Waals surface area contributed by atoms with Crippen LogP contribution in [0.5, 0.6) is 0 Å². The molecule has 0 heterocycles. The zero-order valence-electron chi connectivity index (χ0n) is 9.65. The maximum absolute atomic E-state index is 5.45. The van der Waals surface area contributed by atoms with Crippen molar-refractivity contribution in [3.8, 4) is 0 Å². The highest BCUT2D eigenvalue weighted by Crippen LogP contribution is 1.70. The maximum atomic E-state index is 5.45. The number of nitrogens with zero attached hydrogens (tertiary/aromatic N) is 1. The lowest BCUT2D eigenvalue weighted by atomic mass is 10.6. The Morgan fingerprint density at radius 3 is 1.83 bits per heavy atom. The number of hydrogen-bond donors (Lipinski definition) is 2. The van der Waals surface area contributed by atoms with Crippen molar-refractivity contribution in [1.82, 2.24) is 10.3 Å². The van der Waals surface area contributed by atoms with Gasteiger partial charge in [0.15, 0.2) is 0 Å². The Hall–Kier alpha value is -0.120. The summed E-state index contributed by atoms with van der Waals surface area (Å²) in [7, 11) is 1.92. The van der Waals surface area contributed by atoms with Crippen LogP contribution < -0.4 is 11.2 Å². The van der Waals surface area contributed by atoms with Crippen molar-refractivity contribution in [2.45, 2.75) is 34.6 Å². The molecule has 3 N–H and O–H groups in total. The summed E-state index contributed by atoms with van der Waals surface area (Å²) >= 11 is 0. The van der Waals surface area contributed by atoms with Crippen LogP contribution in [-0.4, -0.2) is 31.7 Å². The van der Waals surface area contributed by atoms with Gasteiger partial charge in [0, 0.05) is 19.6 Å². The number of hydrogen-bond acceptors (Lipinski definition) is 3. The standard InChI is InChI=1S/C5H15N3.2C2H6/c1-3-8(6)5-4-7-2;2*1-2/h7H,3-6H2,1-2H3;2*1-2H3. The van der Waals surface area contributed by atoms with Crippen molar-refractivity contribution in [3.05, 3.63) is 0 Å². The SMILES string of the molecule is CC.CC.CCN(N)CCNC. The molecular weight excluding hydrogens is 150 g/mol. The van der Waals surface area contributed by atoms with Gasteiger partial charge in [-0.3, -0.25) is 5.84 Å². The first-order chi connectivity index (χ1) is 5.81. The Labute approximate surface area is 78.3 Å². The summed E-state index contributed by atoms with van der Waals surface area (Å²) < 4.78 is 0. The fraction of sp³-hybridized carbons (Fsp3) is 1.00. The zero-order valence-corrected chi connectivity index (χ0v) is 9.65. The van der Waals surface area contributed by atoms with Crippen LogP contribution in [0.2, 0.25) is 0 Å². The maximum Gasteiger partial charge on any atom is 0.0253 e. The average Bonchev–Trinajstić information content (AvgIpc) is 2.20. The molecule has 0 aromatic heterocycles. The predicted octanol–water partition coefficient (Wildman–Crippen LogP) is 1.45. The topological polar surface area (TPSA) is 41.3 Å². The molecule has 3 heteroatoms. The third kappa shape index (κ3) is 22.5. The van der Waals surface area contributed by atoms with E-state index in [0.29, 0.717) is 0 Å². The summed E-state index contributed by atoms with van der Waals surface area (Å²) in [5, 5.41) is 4.79. The molecule has 0 aliphatic rings. The molecule has 0 aliphatic heterocycles. The van der Waals surface area contributed by atoms with Gasteiger partial charge in [-0.05, 0) is 7.05 Å². The van der Waals surface area contributed by atoms with Gasteiger partial charge in [-0.15, -0.1) is 0 Å². The fourth-order valence-corrected chi connectivity index (χ4v) is 0.414. The number of rotatable bonds is 4. The lowest BCUT2D eigenvalue weighted by Crippen LogP contribution is -2.36. The first kappa shape index (κ1) is 17.8. The summed E-state index contributed by atoms with van der Waals surface area (Å²) in [6.45, 7) is 12.8. The highest BCUT2D eigenvalue weighted by molar-refractivity contribution is 4.45. The Morgan fingerprint density at radius 2 is 1.58 bits per heavy atom. The van der Waals surface area contributed by atoms with E-state index in [1.807, 2.05) is 41.7 Å². The van der Waals surface area contributed by atoms with Gasteiger partial charge in [-0.2, -0.15) is 0 Å². The van der Waals surface area contributed by atoms with E-state index in [0.717, 1.165) is 19.6 Å². The van der Waals surface area contributed by atoms with E-state index in [1.165, 1.54) is 0 Å². The molecule has 0 aromatic carbocycles. The van der Waals surface area contributed by atoms with Crippen LogP contribution in [0, 0.1) is 0 Å². The lowest BCUT2D eigenvalue weighted by Gasteiger charge is -2.11. The number of nitrogens with two attached hydrogens (primary N) is 1. The van der Waals surface area contributed by atoms with Crippen molar-refractivity contribution in [2.75, 3.05) is 26.7 Å². The Balaban J connectivity index is -0.000000175. The van der Waals surface area contributed by atoms with Crippen molar-refractivity contribution in [3.63, 3.8) is 0 Å². The fourth-order valence-electron chi connectivity index (χ4n) is 0.414. The van der Waals surface area contributed by atoms with E-state index in [2.05, 4.69) is 5.32 Å². The molecule has 0 aliphatic carbocycles. The van der Waals surface area contributed by atoms with Gasteiger partial charge in [0.25, 0.3) is 0 Å². The van der Waals surface area contributed by atoms with Crippen LogP contribution in [0.1, 0.15) is 34.6 Å². The molecule has 0 atom stereocenters. The van der Waals surface area contributed by atoms with Gasteiger partial charge in [-0.1, -0.05) is 34.6 Å². The van der Waals surface area contributed by atoms with Crippen molar-refractivity contribution in [1.29, 1.82) is 0 Å². The van der Waals surface area contributed by atoms with Gasteiger partial charge < -0.3 is 5.32 Å². The normalized spacial score (nSPS) is 8.00. The number of hydrazine groups is 1. The largest absolute Gasteiger partial charge is 0.318 e. The quantitative estimate of drug-likeness (QED) is 0.504. The molecule has 0 saturated carbocycles. The molecule has 3 nitrogen and oxygen atoms in total. The van der Waals surface area contributed by atoms with Crippen LogP contribution in [0.25, 0.3) is 0 Å². The van der Waals surface area contributed by atoms with Gasteiger partial charge >= 0.3 is 0 Å². The third-order valence-corrected chi connectivity index (χ3v) is 1.06. The highest BCUT2D eigenvalue weighted by Gasteiger charge is 1.89. The second kappa shape index (κ2) is 22.4. The summed E-state index contributed by atoms with van der Waals surface area (Å²) in [5.74, 6) is 5.45. The molecule has 0 rings (SSSR count). The minimum absolute atomic E-state index is 0.918. The highest BCUT2D eigenvalue weighted by atomic mass is 15.4. The van der Waals surface area contributed by atoms with E-state index in [1.54, 1.807) is 5.01 Å². The summed E-state index contributed by atoms with van der Waals surface area (Å²) in [6.07, 6.45) is 0. The van der Waals surface area contributed by atoms with Crippen LogP contribution in [0.3, 0.4) is 0 Å². The summed E-state index contributed by atoms with van der Waals surface area (Å²) in [5.41, 5.74) is 0. The molecule has 12 heavy (non-hydrogen) atoms. The first-order valence-corrected chi connectivity index (χ1v) is 4.95. The zero-order chi connectivity index (χ0) is 10.4. The minimum atomic E-state index is 0.918. The predicted molar refractivity (Wildman–Crippen MR) is 58.1 cm³/mol. The molecule has 0 amide bonds. The van der Waals surface area contributed by atoms with Crippen LogP contribution in [0.4, 0.5) is 0 Å². The van der Waals surface area contributed by atoms with E-state index >= 15 is 0 Å². The number of likely N-dealkylation sites (N-methyl/N-ethyl adjacent to an activating group) is 2. The van der Waals surface area contributed by atoms with Gasteiger partial charge in [0.1, 0.15) is 0 Å². The van der Waals surface area contributed by atoms with Gasteiger partial charge in [0.2, 0.25) is 0 Å². The Morgan fingerprint density at radius 1 is 1.17 bits per heavy atom. The molecule has 0 unspecified atom stereocenters. The Bertz CT molecular complexity index is 49.0. The molecule has 78 valence electrons. The van der Waals surface area contributed by atoms with Gasteiger partial charge in [0.05, 0.1) is 0 Å². The van der Waals surface area contributed by atoms with Crippen molar-refractivity contribution >= 4 is 0 Å². The van der Waals surface area contributed by atoms with Crippen molar-refractivity contribution < 1.29 is 0 Å². The molecule has 0 saturated heterocycles. The molecule has 0 bridgehead atoms. The lowest BCUT2D eigenvalue weighted by molar-refractivity contribution is 0.301. The smallest absolute Gasteiger partial charge is 0.0253 e.